The predicted molar refractivity (Wildman–Crippen MR) is 95.2 cm³/mol. The molecule has 3 rings (SSSR count). The second-order valence-electron chi connectivity index (χ2n) is 7.88. The molecular weight excluding hydrogens is 320 g/mol. The van der Waals surface area contributed by atoms with E-state index in [1.807, 2.05) is 7.05 Å². The molecule has 140 valence electrons. The van der Waals surface area contributed by atoms with E-state index in [4.69, 9.17) is 4.74 Å². The van der Waals surface area contributed by atoms with Crippen molar-refractivity contribution in [3.8, 4) is 0 Å². The molecule has 0 aliphatic carbocycles. The summed E-state index contributed by atoms with van der Waals surface area (Å²) in [7, 11) is 1.82. The first-order valence-electron chi connectivity index (χ1n) is 9.23. The molecule has 2 atom stereocenters. The van der Waals surface area contributed by atoms with E-state index in [0.29, 0.717) is 24.7 Å². The van der Waals surface area contributed by atoms with Crippen molar-refractivity contribution in [3.05, 3.63) is 12.3 Å². The van der Waals surface area contributed by atoms with Gasteiger partial charge in [-0.1, -0.05) is 13.8 Å². The van der Waals surface area contributed by atoms with Crippen molar-refractivity contribution >= 4 is 11.7 Å². The Morgan fingerprint density at radius 3 is 2.80 bits per heavy atom. The van der Waals surface area contributed by atoms with Crippen LogP contribution >= 0.6 is 0 Å². The fraction of sp³-hybridized carbons (Fsp3) is 0.778. The molecule has 0 saturated carbocycles. The van der Waals surface area contributed by atoms with E-state index in [2.05, 4.69) is 29.2 Å². The zero-order chi connectivity index (χ0) is 18.0. The molecule has 2 aliphatic rings. The SMILES string of the molecule is CC(C)[C@H]1C[C@@H](O)CC2(CCN(CC(=O)Nc3ccn(C)n3)CC2)O1. The van der Waals surface area contributed by atoms with E-state index < -0.39 is 0 Å². The second kappa shape index (κ2) is 7.43. The number of ether oxygens (including phenoxy) is 1. The Bertz CT molecular complexity index is 593. The third-order valence-electron chi connectivity index (χ3n) is 5.37. The summed E-state index contributed by atoms with van der Waals surface area (Å²) in [5.74, 6) is 0.952. The summed E-state index contributed by atoms with van der Waals surface area (Å²) in [4.78, 5) is 14.3. The molecule has 0 aromatic carbocycles. The minimum Gasteiger partial charge on any atom is -0.393 e. The Balaban J connectivity index is 1.50. The van der Waals surface area contributed by atoms with Crippen molar-refractivity contribution < 1.29 is 14.6 Å². The van der Waals surface area contributed by atoms with Gasteiger partial charge in [-0.2, -0.15) is 5.10 Å². The van der Waals surface area contributed by atoms with E-state index in [9.17, 15) is 9.90 Å². The van der Waals surface area contributed by atoms with Crippen LogP contribution in [0, 0.1) is 5.92 Å². The van der Waals surface area contributed by atoms with Gasteiger partial charge in [-0.15, -0.1) is 0 Å². The summed E-state index contributed by atoms with van der Waals surface area (Å²) in [5, 5.41) is 17.2. The highest BCUT2D eigenvalue weighted by Gasteiger charge is 2.44. The second-order valence-corrected chi connectivity index (χ2v) is 7.88. The van der Waals surface area contributed by atoms with Crippen LogP contribution in [0.15, 0.2) is 12.3 Å². The van der Waals surface area contributed by atoms with Crippen LogP contribution < -0.4 is 5.32 Å². The number of carbonyl (C=O) groups excluding carboxylic acids is 1. The lowest BCUT2D eigenvalue weighted by molar-refractivity contribution is -0.192. The monoisotopic (exact) mass is 350 g/mol. The maximum atomic E-state index is 12.2. The molecule has 1 amide bonds. The fourth-order valence-electron chi connectivity index (χ4n) is 3.91. The first kappa shape index (κ1) is 18.4. The van der Waals surface area contributed by atoms with Crippen LogP contribution in [0.1, 0.15) is 39.5 Å². The fourth-order valence-corrected chi connectivity index (χ4v) is 3.91. The maximum Gasteiger partial charge on any atom is 0.239 e. The average molecular weight is 350 g/mol. The van der Waals surface area contributed by atoms with Crippen molar-refractivity contribution in [1.29, 1.82) is 0 Å². The van der Waals surface area contributed by atoms with E-state index in [1.165, 1.54) is 0 Å². The van der Waals surface area contributed by atoms with Crippen molar-refractivity contribution in [3.63, 3.8) is 0 Å². The minimum absolute atomic E-state index is 0.0423. The zero-order valence-corrected chi connectivity index (χ0v) is 15.4. The van der Waals surface area contributed by atoms with Gasteiger partial charge in [-0.3, -0.25) is 14.4 Å². The summed E-state index contributed by atoms with van der Waals surface area (Å²) >= 11 is 0. The highest BCUT2D eigenvalue weighted by atomic mass is 16.5. The molecule has 2 aliphatic heterocycles. The number of likely N-dealkylation sites (tertiary alicyclic amines) is 1. The number of piperidine rings is 1. The number of hydrogen-bond acceptors (Lipinski definition) is 5. The average Bonchev–Trinajstić information content (AvgIpc) is 2.94. The molecule has 7 heteroatoms. The van der Waals surface area contributed by atoms with Crippen molar-refractivity contribution in [2.24, 2.45) is 13.0 Å². The molecule has 1 aromatic heterocycles. The van der Waals surface area contributed by atoms with Crippen molar-refractivity contribution in [1.82, 2.24) is 14.7 Å². The summed E-state index contributed by atoms with van der Waals surface area (Å²) in [6.07, 6.45) is 4.83. The largest absolute Gasteiger partial charge is 0.393 e. The molecule has 0 radical (unpaired) electrons. The molecular formula is C18H30N4O3. The smallest absolute Gasteiger partial charge is 0.239 e. The van der Waals surface area contributed by atoms with E-state index in [-0.39, 0.29) is 23.7 Å². The van der Waals surface area contributed by atoms with E-state index in [1.54, 1.807) is 16.9 Å². The number of aliphatic hydroxyl groups is 1. The van der Waals surface area contributed by atoms with Crippen LogP contribution in [0.3, 0.4) is 0 Å². The third kappa shape index (κ3) is 4.59. The van der Waals surface area contributed by atoms with Gasteiger partial charge in [-0.05, 0) is 25.2 Å². The normalized spacial score (nSPS) is 26.9. The van der Waals surface area contributed by atoms with Gasteiger partial charge in [0.15, 0.2) is 5.82 Å². The third-order valence-corrected chi connectivity index (χ3v) is 5.37. The number of carbonyl (C=O) groups is 1. The summed E-state index contributed by atoms with van der Waals surface area (Å²) in [6, 6.07) is 1.78. The Kier molecular flexibility index (Phi) is 5.46. The molecule has 0 bridgehead atoms. The van der Waals surface area contributed by atoms with Gasteiger partial charge in [-0.25, -0.2) is 0 Å². The van der Waals surface area contributed by atoms with Crippen LogP contribution in [-0.4, -0.2) is 63.1 Å². The molecule has 2 saturated heterocycles. The summed E-state index contributed by atoms with van der Waals surface area (Å²) < 4.78 is 8.06. The number of amides is 1. The van der Waals surface area contributed by atoms with Gasteiger partial charge in [0.25, 0.3) is 0 Å². The number of anilines is 1. The lowest BCUT2D eigenvalue weighted by atomic mass is 9.80. The van der Waals surface area contributed by atoms with Gasteiger partial charge in [0.05, 0.1) is 24.4 Å². The first-order valence-corrected chi connectivity index (χ1v) is 9.23. The molecule has 2 N–H and O–H groups in total. The molecule has 1 aromatic rings. The van der Waals surface area contributed by atoms with Crippen LogP contribution in [-0.2, 0) is 16.6 Å². The quantitative estimate of drug-likeness (QED) is 0.858. The Morgan fingerprint density at radius 2 is 2.20 bits per heavy atom. The number of nitrogens with zero attached hydrogens (tertiary/aromatic N) is 3. The molecule has 3 heterocycles. The van der Waals surface area contributed by atoms with Crippen LogP contribution in [0.4, 0.5) is 5.82 Å². The number of aliphatic hydroxyl groups excluding tert-OH is 1. The van der Waals surface area contributed by atoms with Crippen molar-refractivity contribution in [2.75, 3.05) is 25.0 Å². The zero-order valence-electron chi connectivity index (χ0n) is 15.4. The summed E-state index contributed by atoms with van der Waals surface area (Å²) in [6.45, 7) is 6.28. The first-order chi connectivity index (χ1) is 11.8. The lowest BCUT2D eigenvalue weighted by Gasteiger charge is -2.48. The maximum absolute atomic E-state index is 12.2. The molecule has 1 spiro atoms. The highest BCUT2D eigenvalue weighted by Crippen LogP contribution is 2.39. The van der Waals surface area contributed by atoms with Gasteiger partial charge >= 0.3 is 0 Å². The lowest BCUT2D eigenvalue weighted by Crippen LogP contribution is -2.54. The van der Waals surface area contributed by atoms with Crippen LogP contribution in [0.5, 0.6) is 0 Å². The molecule has 2 fully saturated rings. The molecule has 7 nitrogen and oxygen atoms in total. The molecule has 25 heavy (non-hydrogen) atoms. The topological polar surface area (TPSA) is 79.6 Å². The number of nitrogens with one attached hydrogen (secondary N) is 1. The number of aromatic nitrogens is 2. The minimum atomic E-state index is -0.278. The van der Waals surface area contributed by atoms with Gasteiger partial charge < -0.3 is 15.2 Å². The van der Waals surface area contributed by atoms with Gasteiger partial charge in [0, 0.05) is 38.8 Å². The standard InChI is InChI=1S/C18H30N4O3/c1-13(2)15-10-14(23)11-18(25-15)5-8-22(9-6-18)12-17(24)19-16-4-7-21(3)20-16/h4,7,13-15,23H,5-6,8-12H2,1-3H3,(H,19,20,24)/t14-,15-/m1/s1. The predicted octanol–water partition coefficient (Wildman–Crippen LogP) is 1.39. The number of rotatable bonds is 4. The molecule has 0 unspecified atom stereocenters. The van der Waals surface area contributed by atoms with Gasteiger partial charge in [0.1, 0.15) is 0 Å². The Morgan fingerprint density at radius 1 is 1.48 bits per heavy atom. The number of aryl methyl sites for hydroxylation is 1. The van der Waals surface area contributed by atoms with E-state index in [0.717, 1.165) is 32.4 Å². The van der Waals surface area contributed by atoms with Crippen LogP contribution in [0.25, 0.3) is 0 Å². The van der Waals surface area contributed by atoms with Crippen LogP contribution in [0.2, 0.25) is 0 Å². The Hall–Kier alpha value is -1.44. The summed E-state index contributed by atoms with van der Waals surface area (Å²) in [5.41, 5.74) is -0.222. The van der Waals surface area contributed by atoms with Gasteiger partial charge in [0.2, 0.25) is 5.91 Å². The highest BCUT2D eigenvalue weighted by molar-refractivity contribution is 5.91. The Labute approximate surface area is 149 Å². The van der Waals surface area contributed by atoms with Crippen molar-refractivity contribution in [2.45, 2.75) is 57.3 Å². The van der Waals surface area contributed by atoms with E-state index >= 15 is 0 Å². The number of hydrogen-bond donors (Lipinski definition) is 2.